The van der Waals surface area contributed by atoms with E-state index in [0.717, 1.165) is 31.7 Å². The van der Waals surface area contributed by atoms with Crippen LogP contribution >= 0.6 is 0 Å². The number of fused-ring (bicyclic) bond motifs is 1. The second kappa shape index (κ2) is 7.97. The van der Waals surface area contributed by atoms with Crippen molar-refractivity contribution < 1.29 is 4.42 Å². The molecule has 1 aliphatic rings. The molecule has 4 nitrogen and oxygen atoms in total. The predicted molar refractivity (Wildman–Crippen MR) is 110 cm³/mol. The van der Waals surface area contributed by atoms with Gasteiger partial charge in [-0.25, -0.2) is 0 Å². The van der Waals surface area contributed by atoms with E-state index in [0.29, 0.717) is 30.2 Å². The molecule has 0 saturated carbocycles. The van der Waals surface area contributed by atoms with Gasteiger partial charge in [0.05, 0.1) is 12.1 Å². The molecule has 2 aromatic heterocycles. The van der Waals surface area contributed by atoms with Gasteiger partial charge in [-0.1, -0.05) is 43.3 Å². The Morgan fingerprint density at radius 1 is 1.19 bits per heavy atom. The third-order valence-electron chi connectivity index (χ3n) is 5.30. The molecule has 0 atom stereocenters. The first-order chi connectivity index (χ1) is 13.2. The minimum Gasteiger partial charge on any atom is -0.463 e. The Labute approximate surface area is 159 Å². The van der Waals surface area contributed by atoms with Gasteiger partial charge in [0.2, 0.25) is 0 Å². The van der Waals surface area contributed by atoms with Crippen LogP contribution in [0.1, 0.15) is 36.8 Å². The van der Waals surface area contributed by atoms with Gasteiger partial charge in [0, 0.05) is 24.9 Å². The lowest BCUT2D eigenvalue weighted by Gasteiger charge is -2.19. The van der Waals surface area contributed by atoms with Gasteiger partial charge in [-0.2, -0.15) is 0 Å². The van der Waals surface area contributed by atoms with E-state index < -0.39 is 0 Å². The largest absolute Gasteiger partial charge is 0.463 e. The second-order valence-electron chi connectivity index (χ2n) is 7.27. The molecule has 0 amide bonds. The maximum atomic E-state index is 12.7. The molecule has 4 rings (SSSR count). The fourth-order valence-corrected chi connectivity index (χ4v) is 3.80. The smallest absolute Gasteiger partial charge is 0.192 e. The van der Waals surface area contributed by atoms with E-state index in [1.54, 1.807) is 6.07 Å². The average molecular weight is 362 g/mol. The van der Waals surface area contributed by atoms with Gasteiger partial charge >= 0.3 is 0 Å². The first-order valence-corrected chi connectivity index (χ1v) is 9.82. The predicted octanol–water partition coefficient (Wildman–Crippen LogP) is 4.22. The molecule has 0 radical (unpaired) electrons. The zero-order valence-corrected chi connectivity index (χ0v) is 15.8. The first kappa shape index (κ1) is 17.8. The zero-order valence-electron chi connectivity index (χ0n) is 15.8. The van der Waals surface area contributed by atoms with E-state index in [4.69, 9.17) is 4.42 Å². The molecule has 0 spiro atoms. The Kier molecular flexibility index (Phi) is 5.26. The molecule has 4 heteroatoms. The SMILES string of the molecule is CCc1oc(Cn2cc3ccccc3c2)cc(=O)c1/C=C/C1CCNCC1. The lowest BCUT2D eigenvalue weighted by Crippen LogP contribution is -2.26. The van der Waals surface area contributed by atoms with Gasteiger partial charge in [-0.3, -0.25) is 4.79 Å². The lowest BCUT2D eigenvalue weighted by molar-refractivity contribution is 0.434. The number of allylic oxidation sites excluding steroid dienone is 1. The molecule has 3 heterocycles. The summed E-state index contributed by atoms with van der Waals surface area (Å²) < 4.78 is 8.17. The number of nitrogens with one attached hydrogen (secondary N) is 1. The number of benzene rings is 1. The van der Waals surface area contributed by atoms with E-state index in [2.05, 4.69) is 40.5 Å². The molecule has 1 aliphatic heterocycles. The highest BCUT2D eigenvalue weighted by molar-refractivity contribution is 5.82. The molecule has 0 bridgehead atoms. The number of aromatic nitrogens is 1. The van der Waals surface area contributed by atoms with Crippen LogP contribution in [0.2, 0.25) is 0 Å². The summed E-state index contributed by atoms with van der Waals surface area (Å²) in [4.78, 5) is 12.7. The zero-order chi connectivity index (χ0) is 18.6. The number of piperidine rings is 1. The standard InChI is InChI=1S/C23H26N2O2/c1-2-23-21(8-7-17-9-11-24-12-10-17)22(26)13-20(27-23)16-25-14-18-5-3-4-6-19(18)15-25/h3-8,13-15,17,24H,2,9-12,16H2,1H3/b8-7+. The highest BCUT2D eigenvalue weighted by atomic mass is 16.3. The Bertz CT molecular complexity index is 974. The van der Waals surface area contributed by atoms with Crippen molar-refractivity contribution in [3.05, 3.63) is 76.1 Å². The van der Waals surface area contributed by atoms with Crippen LogP contribution in [0.3, 0.4) is 0 Å². The third-order valence-corrected chi connectivity index (χ3v) is 5.30. The highest BCUT2D eigenvalue weighted by Crippen LogP contribution is 2.19. The Morgan fingerprint density at radius 3 is 2.56 bits per heavy atom. The molecular formula is C23H26N2O2. The van der Waals surface area contributed by atoms with Crippen molar-refractivity contribution in [1.82, 2.24) is 9.88 Å². The Hall–Kier alpha value is -2.59. The third kappa shape index (κ3) is 4.06. The van der Waals surface area contributed by atoms with Crippen LogP contribution in [0.15, 0.2) is 58.0 Å². The molecule has 3 aromatic rings. The van der Waals surface area contributed by atoms with Crippen molar-refractivity contribution in [2.24, 2.45) is 5.92 Å². The molecule has 1 N–H and O–H groups in total. The van der Waals surface area contributed by atoms with Crippen molar-refractivity contribution in [2.75, 3.05) is 13.1 Å². The minimum absolute atomic E-state index is 0.0509. The second-order valence-corrected chi connectivity index (χ2v) is 7.27. The van der Waals surface area contributed by atoms with E-state index >= 15 is 0 Å². The van der Waals surface area contributed by atoms with E-state index in [9.17, 15) is 4.79 Å². The van der Waals surface area contributed by atoms with E-state index in [1.165, 1.54) is 10.8 Å². The van der Waals surface area contributed by atoms with Gasteiger partial charge in [-0.15, -0.1) is 0 Å². The molecule has 1 saturated heterocycles. The van der Waals surface area contributed by atoms with Crippen LogP contribution < -0.4 is 10.7 Å². The number of hydrogen-bond acceptors (Lipinski definition) is 3. The molecule has 1 aromatic carbocycles. The summed E-state index contributed by atoms with van der Waals surface area (Å²) in [5.41, 5.74) is 0.757. The van der Waals surface area contributed by atoms with Crippen LogP contribution in [0, 0.1) is 5.92 Å². The number of aryl methyl sites for hydroxylation is 1. The summed E-state index contributed by atoms with van der Waals surface area (Å²) in [5, 5.41) is 5.75. The number of hydrogen-bond donors (Lipinski definition) is 1. The number of rotatable bonds is 5. The summed E-state index contributed by atoms with van der Waals surface area (Å²) in [6.07, 6.45) is 11.3. The van der Waals surface area contributed by atoms with Crippen molar-refractivity contribution in [2.45, 2.75) is 32.7 Å². The minimum atomic E-state index is 0.0509. The molecule has 1 fully saturated rings. The van der Waals surface area contributed by atoms with Crippen LogP contribution in [0.5, 0.6) is 0 Å². The normalized spacial score (nSPS) is 15.7. The van der Waals surface area contributed by atoms with Crippen LogP contribution in [-0.4, -0.2) is 17.7 Å². The van der Waals surface area contributed by atoms with Gasteiger partial charge in [0.25, 0.3) is 0 Å². The molecule has 140 valence electrons. The maximum Gasteiger partial charge on any atom is 0.192 e. The lowest BCUT2D eigenvalue weighted by atomic mass is 9.96. The molecule has 27 heavy (non-hydrogen) atoms. The van der Waals surface area contributed by atoms with E-state index in [1.807, 2.05) is 25.1 Å². The van der Waals surface area contributed by atoms with Gasteiger partial charge in [-0.05, 0) is 42.6 Å². The fourth-order valence-electron chi connectivity index (χ4n) is 3.80. The van der Waals surface area contributed by atoms with Crippen LogP contribution in [0.25, 0.3) is 16.8 Å². The van der Waals surface area contributed by atoms with Crippen molar-refractivity contribution in [3.63, 3.8) is 0 Å². The van der Waals surface area contributed by atoms with Crippen molar-refractivity contribution >= 4 is 16.8 Å². The molecular weight excluding hydrogens is 336 g/mol. The Morgan fingerprint density at radius 2 is 1.89 bits per heavy atom. The first-order valence-electron chi connectivity index (χ1n) is 9.82. The average Bonchev–Trinajstić information content (AvgIpc) is 3.09. The summed E-state index contributed by atoms with van der Waals surface area (Å²) >= 11 is 0. The highest BCUT2D eigenvalue weighted by Gasteiger charge is 2.12. The maximum absolute atomic E-state index is 12.7. The quantitative estimate of drug-likeness (QED) is 0.739. The van der Waals surface area contributed by atoms with Crippen molar-refractivity contribution in [1.29, 1.82) is 0 Å². The summed E-state index contributed by atoms with van der Waals surface area (Å²) in [6, 6.07) is 9.89. The van der Waals surface area contributed by atoms with E-state index in [-0.39, 0.29) is 5.43 Å². The summed E-state index contributed by atoms with van der Waals surface area (Å²) in [5.74, 6) is 2.03. The van der Waals surface area contributed by atoms with Crippen molar-refractivity contribution in [3.8, 4) is 0 Å². The number of nitrogens with zero attached hydrogens (tertiary/aromatic N) is 1. The van der Waals surface area contributed by atoms with Crippen LogP contribution in [-0.2, 0) is 13.0 Å². The van der Waals surface area contributed by atoms with Gasteiger partial charge in [0.15, 0.2) is 5.43 Å². The Balaban J connectivity index is 1.58. The topological polar surface area (TPSA) is 47.2 Å². The fraction of sp³-hybridized carbons (Fsp3) is 0.348. The van der Waals surface area contributed by atoms with Gasteiger partial charge in [0.1, 0.15) is 11.5 Å². The summed E-state index contributed by atoms with van der Waals surface area (Å²) in [6.45, 7) is 4.70. The molecule has 0 aliphatic carbocycles. The molecule has 0 unspecified atom stereocenters. The van der Waals surface area contributed by atoms with Crippen LogP contribution in [0.4, 0.5) is 0 Å². The monoisotopic (exact) mass is 362 g/mol. The van der Waals surface area contributed by atoms with Gasteiger partial charge < -0.3 is 14.3 Å². The summed E-state index contributed by atoms with van der Waals surface area (Å²) in [7, 11) is 0.